The van der Waals surface area contributed by atoms with Crippen LogP contribution >= 0.6 is 0 Å². The number of fused-ring (bicyclic) bond motifs is 1. The van der Waals surface area contributed by atoms with Crippen molar-refractivity contribution < 1.29 is 18.3 Å². The minimum absolute atomic E-state index is 0.164. The van der Waals surface area contributed by atoms with Gasteiger partial charge in [-0.05, 0) is 35.4 Å². The highest BCUT2D eigenvalue weighted by atomic mass is 19.1. The molecule has 1 aliphatic rings. The minimum atomic E-state index is -0.399. The van der Waals surface area contributed by atoms with Crippen LogP contribution in [-0.2, 0) is 24.4 Å². The summed E-state index contributed by atoms with van der Waals surface area (Å²) in [7, 11) is 0. The van der Waals surface area contributed by atoms with Crippen molar-refractivity contribution in [1.82, 2.24) is 20.3 Å². The summed E-state index contributed by atoms with van der Waals surface area (Å²) in [6.45, 7) is 0.727. The van der Waals surface area contributed by atoms with Crippen LogP contribution in [0.3, 0.4) is 0 Å². The molecule has 1 aromatic heterocycles. The van der Waals surface area contributed by atoms with Gasteiger partial charge in [-0.2, -0.15) is 0 Å². The van der Waals surface area contributed by atoms with Gasteiger partial charge in [0.1, 0.15) is 17.7 Å². The molecule has 27 heavy (non-hydrogen) atoms. The first kappa shape index (κ1) is 17.3. The molecule has 6 nitrogen and oxygen atoms in total. The second-order valence-corrected chi connectivity index (χ2v) is 6.23. The molecule has 1 amide bonds. The Hall–Kier alpha value is -3.13. The standard InChI is InChI=1S/C19H16F2N4O2/c20-14-6-4-13(5-7-14)17-10-25-16(11-27-17)18(23-24-25)19(26)22-9-12-2-1-3-15(21)8-12/h1-8,17H,9-11H2,(H,22,26). The largest absolute Gasteiger partial charge is 0.365 e. The van der Waals surface area contributed by atoms with Gasteiger partial charge in [0.05, 0.1) is 18.8 Å². The van der Waals surface area contributed by atoms with Crippen molar-refractivity contribution in [3.63, 3.8) is 0 Å². The number of nitrogens with one attached hydrogen (secondary N) is 1. The van der Waals surface area contributed by atoms with Crippen LogP contribution < -0.4 is 5.32 Å². The first-order valence-corrected chi connectivity index (χ1v) is 8.42. The lowest BCUT2D eigenvalue weighted by Gasteiger charge is -2.24. The van der Waals surface area contributed by atoms with Crippen molar-refractivity contribution in [3.05, 3.63) is 82.7 Å². The molecule has 1 N–H and O–H groups in total. The number of benzene rings is 2. The van der Waals surface area contributed by atoms with Gasteiger partial charge in [-0.25, -0.2) is 13.5 Å². The van der Waals surface area contributed by atoms with Gasteiger partial charge in [-0.1, -0.05) is 29.5 Å². The van der Waals surface area contributed by atoms with E-state index in [1.54, 1.807) is 28.9 Å². The predicted octanol–water partition coefficient (Wildman–Crippen LogP) is 2.76. The van der Waals surface area contributed by atoms with E-state index in [0.717, 1.165) is 5.56 Å². The molecule has 8 heteroatoms. The molecule has 0 radical (unpaired) electrons. The number of aromatic nitrogens is 3. The van der Waals surface area contributed by atoms with Gasteiger partial charge >= 0.3 is 0 Å². The molecule has 2 aromatic carbocycles. The third-order valence-electron chi connectivity index (χ3n) is 4.40. The van der Waals surface area contributed by atoms with Gasteiger partial charge in [0.15, 0.2) is 5.69 Å². The maximum Gasteiger partial charge on any atom is 0.274 e. The zero-order valence-corrected chi connectivity index (χ0v) is 14.2. The summed E-state index contributed by atoms with van der Waals surface area (Å²) >= 11 is 0. The smallest absolute Gasteiger partial charge is 0.274 e. The number of hydrogen-bond donors (Lipinski definition) is 1. The van der Waals surface area contributed by atoms with Gasteiger partial charge in [0.2, 0.25) is 0 Å². The Kier molecular flexibility index (Phi) is 4.64. The highest BCUT2D eigenvalue weighted by molar-refractivity contribution is 5.93. The lowest BCUT2D eigenvalue weighted by molar-refractivity contribution is -0.00180. The summed E-state index contributed by atoms with van der Waals surface area (Å²) in [6, 6.07) is 12.1. The Labute approximate surface area is 153 Å². The Morgan fingerprint density at radius 2 is 2.00 bits per heavy atom. The first-order chi connectivity index (χ1) is 13.1. The van der Waals surface area contributed by atoms with E-state index in [1.165, 1.54) is 24.3 Å². The van der Waals surface area contributed by atoms with Gasteiger partial charge in [0.25, 0.3) is 5.91 Å². The van der Waals surface area contributed by atoms with Crippen LogP contribution in [0.4, 0.5) is 8.78 Å². The van der Waals surface area contributed by atoms with Crippen LogP contribution in [0.15, 0.2) is 48.5 Å². The Balaban J connectivity index is 1.44. The fourth-order valence-electron chi connectivity index (χ4n) is 2.98. The molecule has 0 saturated heterocycles. The van der Waals surface area contributed by atoms with Crippen LogP contribution in [0.2, 0.25) is 0 Å². The third-order valence-corrected chi connectivity index (χ3v) is 4.40. The SMILES string of the molecule is O=C(NCc1cccc(F)c1)c1nnn2c1COC(c1ccc(F)cc1)C2. The maximum atomic E-state index is 13.2. The van der Waals surface area contributed by atoms with Crippen LogP contribution in [0.1, 0.15) is 33.4 Å². The topological polar surface area (TPSA) is 69.0 Å². The Morgan fingerprint density at radius 3 is 2.78 bits per heavy atom. The molecule has 138 valence electrons. The maximum absolute atomic E-state index is 13.2. The number of amides is 1. The first-order valence-electron chi connectivity index (χ1n) is 8.42. The van der Waals surface area contributed by atoms with Crippen molar-refractivity contribution in [2.75, 3.05) is 0 Å². The normalized spacial score (nSPS) is 16.0. The van der Waals surface area contributed by atoms with Crippen LogP contribution in [0.25, 0.3) is 0 Å². The second-order valence-electron chi connectivity index (χ2n) is 6.23. The van der Waals surface area contributed by atoms with Crippen molar-refractivity contribution in [3.8, 4) is 0 Å². The molecule has 4 rings (SSSR count). The molecule has 0 spiro atoms. The van der Waals surface area contributed by atoms with Gasteiger partial charge in [-0.3, -0.25) is 4.79 Å². The molecule has 0 aliphatic carbocycles. The van der Waals surface area contributed by atoms with E-state index in [-0.39, 0.29) is 36.6 Å². The molecule has 2 heterocycles. The van der Waals surface area contributed by atoms with Crippen molar-refractivity contribution >= 4 is 5.91 Å². The van der Waals surface area contributed by atoms with E-state index in [2.05, 4.69) is 15.6 Å². The summed E-state index contributed by atoms with van der Waals surface area (Å²) in [5.74, 6) is -1.07. The summed E-state index contributed by atoms with van der Waals surface area (Å²) in [4.78, 5) is 12.4. The molecule has 1 atom stereocenters. The number of carbonyl (C=O) groups is 1. The summed E-state index contributed by atoms with van der Waals surface area (Å²) in [5.41, 5.74) is 2.24. The average molecular weight is 370 g/mol. The second kappa shape index (κ2) is 7.24. The summed E-state index contributed by atoms with van der Waals surface area (Å²) in [6.07, 6.45) is -0.289. The Bertz CT molecular complexity index is 972. The molecular weight excluding hydrogens is 354 g/mol. The molecular formula is C19H16F2N4O2. The molecule has 3 aromatic rings. The van der Waals surface area contributed by atoms with Crippen molar-refractivity contribution in [2.45, 2.75) is 25.8 Å². The molecule has 0 bridgehead atoms. The molecule has 1 aliphatic heterocycles. The average Bonchev–Trinajstić information content (AvgIpc) is 3.10. The van der Waals surface area contributed by atoms with E-state index in [4.69, 9.17) is 4.74 Å². The van der Waals surface area contributed by atoms with Gasteiger partial charge in [-0.15, -0.1) is 5.10 Å². The Morgan fingerprint density at radius 1 is 1.19 bits per heavy atom. The highest BCUT2D eigenvalue weighted by Crippen LogP contribution is 2.27. The monoisotopic (exact) mass is 370 g/mol. The fraction of sp³-hybridized carbons (Fsp3) is 0.211. The van der Waals surface area contributed by atoms with E-state index >= 15 is 0 Å². The van der Waals surface area contributed by atoms with E-state index in [9.17, 15) is 13.6 Å². The van der Waals surface area contributed by atoms with E-state index < -0.39 is 5.91 Å². The lowest BCUT2D eigenvalue weighted by Crippen LogP contribution is -2.27. The van der Waals surface area contributed by atoms with Crippen molar-refractivity contribution in [2.24, 2.45) is 0 Å². The number of carbonyl (C=O) groups excluding carboxylic acids is 1. The number of hydrogen-bond acceptors (Lipinski definition) is 4. The number of ether oxygens (including phenoxy) is 1. The highest BCUT2D eigenvalue weighted by Gasteiger charge is 2.27. The fourth-order valence-corrected chi connectivity index (χ4v) is 2.98. The molecule has 0 fully saturated rings. The minimum Gasteiger partial charge on any atom is -0.365 e. The van der Waals surface area contributed by atoms with Gasteiger partial charge < -0.3 is 10.1 Å². The summed E-state index contributed by atoms with van der Waals surface area (Å²) in [5, 5.41) is 10.7. The van der Waals surface area contributed by atoms with E-state index in [1.807, 2.05) is 0 Å². The van der Waals surface area contributed by atoms with E-state index in [0.29, 0.717) is 17.8 Å². The van der Waals surface area contributed by atoms with Crippen LogP contribution in [0, 0.1) is 11.6 Å². The quantitative estimate of drug-likeness (QED) is 0.767. The summed E-state index contributed by atoms with van der Waals surface area (Å²) < 4.78 is 33.7. The van der Waals surface area contributed by atoms with Crippen molar-refractivity contribution in [1.29, 1.82) is 0 Å². The van der Waals surface area contributed by atoms with Gasteiger partial charge in [0, 0.05) is 6.54 Å². The number of halogens is 2. The number of nitrogens with zero attached hydrogens (tertiary/aromatic N) is 3. The zero-order chi connectivity index (χ0) is 18.8. The zero-order valence-electron chi connectivity index (χ0n) is 14.2. The van der Waals surface area contributed by atoms with Crippen LogP contribution in [-0.4, -0.2) is 20.9 Å². The molecule has 0 saturated carbocycles. The predicted molar refractivity (Wildman–Crippen MR) is 91.5 cm³/mol. The third kappa shape index (κ3) is 3.70. The molecule has 1 unspecified atom stereocenters. The lowest BCUT2D eigenvalue weighted by atomic mass is 10.1. The number of rotatable bonds is 4. The van der Waals surface area contributed by atoms with Crippen LogP contribution in [0.5, 0.6) is 0 Å².